The van der Waals surface area contributed by atoms with Gasteiger partial charge in [0.2, 0.25) is 11.7 Å². The van der Waals surface area contributed by atoms with Crippen LogP contribution >= 0.6 is 12.4 Å². The van der Waals surface area contributed by atoms with Crippen LogP contribution in [-0.4, -0.2) is 34.2 Å². The highest BCUT2D eigenvalue weighted by Crippen LogP contribution is 2.27. The molecule has 1 aliphatic heterocycles. The zero-order valence-electron chi connectivity index (χ0n) is 16.3. The molecule has 0 unspecified atom stereocenters. The van der Waals surface area contributed by atoms with Gasteiger partial charge < -0.3 is 10.3 Å². The van der Waals surface area contributed by atoms with Gasteiger partial charge in [-0.05, 0) is 17.0 Å². The molecule has 2 atom stereocenters. The number of aromatic nitrogens is 2. The lowest BCUT2D eigenvalue weighted by Gasteiger charge is -2.14. The van der Waals surface area contributed by atoms with Gasteiger partial charge in [-0.2, -0.15) is 4.98 Å². The topological polar surface area (TPSA) is 68.2 Å². The molecule has 0 spiro atoms. The van der Waals surface area contributed by atoms with Crippen molar-refractivity contribution in [2.45, 2.75) is 38.3 Å². The Balaban J connectivity index is 0.00000225. The minimum atomic E-state index is 0. The Bertz CT molecular complexity index is 879. The Hall–Kier alpha value is -2.21. The molecule has 1 aromatic heterocycles. The Kier molecular flexibility index (Phi) is 6.50. The van der Waals surface area contributed by atoms with Gasteiger partial charge in [-0.25, -0.2) is 0 Å². The van der Waals surface area contributed by atoms with Crippen LogP contribution in [-0.2, 0) is 6.54 Å². The maximum absolute atomic E-state index is 6.38. The summed E-state index contributed by atoms with van der Waals surface area (Å²) in [6.07, 6.45) is 0. The number of likely N-dealkylation sites (tertiary alicyclic amines) is 1. The quantitative estimate of drug-likeness (QED) is 0.697. The van der Waals surface area contributed by atoms with E-state index in [9.17, 15) is 0 Å². The van der Waals surface area contributed by atoms with Gasteiger partial charge >= 0.3 is 0 Å². The fraction of sp³-hybridized carbons (Fsp3) is 0.364. The maximum Gasteiger partial charge on any atom is 0.241 e. The minimum Gasteiger partial charge on any atom is -0.338 e. The molecule has 0 amide bonds. The van der Waals surface area contributed by atoms with Crippen molar-refractivity contribution in [2.24, 2.45) is 5.73 Å². The Morgan fingerprint density at radius 1 is 1.07 bits per heavy atom. The number of nitrogens with zero attached hydrogens (tertiary/aromatic N) is 3. The van der Waals surface area contributed by atoms with Gasteiger partial charge in [0.05, 0.1) is 6.54 Å². The van der Waals surface area contributed by atoms with E-state index in [1.54, 1.807) is 0 Å². The summed E-state index contributed by atoms with van der Waals surface area (Å²) in [5.41, 5.74) is 9.96. The van der Waals surface area contributed by atoms with Crippen LogP contribution in [0.15, 0.2) is 59.1 Å². The molecule has 3 aromatic rings. The summed E-state index contributed by atoms with van der Waals surface area (Å²) in [6.45, 7) is 6.75. The van der Waals surface area contributed by atoms with Crippen molar-refractivity contribution < 1.29 is 4.52 Å². The molecule has 28 heavy (non-hydrogen) atoms. The van der Waals surface area contributed by atoms with Crippen molar-refractivity contribution in [1.82, 2.24) is 15.0 Å². The molecule has 2 N–H and O–H groups in total. The zero-order chi connectivity index (χ0) is 18.8. The highest BCUT2D eigenvalue weighted by Gasteiger charge is 2.32. The predicted molar refractivity (Wildman–Crippen MR) is 114 cm³/mol. The first-order chi connectivity index (χ1) is 13.1. The van der Waals surface area contributed by atoms with Crippen molar-refractivity contribution in [2.75, 3.05) is 13.1 Å². The number of benzene rings is 2. The van der Waals surface area contributed by atoms with Crippen LogP contribution in [0, 0.1) is 0 Å². The third-order valence-electron chi connectivity index (χ3n) is 5.33. The van der Waals surface area contributed by atoms with E-state index in [1.807, 2.05) is 6.07 Å². The lowest BCUT2D eigenvalue weighted by Crippen LogP contribution is -2.28. The minimum absolute atomic E-state index is 0. The predicted octanol–water partition coefficient (Wildman–Crippen LogP) is 4.21. The van der Waals surface area contributed by atoms with E-state index < -0.39 is 0 Å². The summed E-state index contributed by atoms with van der Waals surface area (Å²) < 4.78 is 5.49. The van der Waals surface area contributed by atoms with Gasteiger partial charge in [0, 0.05) is 30.6 Å². The summed E-state index contributed by atoms with van der Waals surface area (Å²) in [5.74, 6) is 2.14. The highest BCUT2D eigenvalue weighted by molar-refractivity contribution is 5.85. The molecule has 1 saturated heterocycles. The van der Waals surface area contributed by atoms with E-state index in [4.69, 9.17) is 10.3 Å². The average Bonchev–Trinajstić information content (AvgIpc) is 3.29. The fourth-order valence-electron chi connectivity index (χ4n) is 3.74. The number of hydrogen-bond acceptors (Lipinski definition) is 5. The first kappa shape index (κ1) is 20.5. The smallest absolute Gasteiger partial charge is 0.241 e. The van der Waals surface area contributed by atoms with Crippen molar-refractivity contribution in [3.05, 3.63) is 71.6 Å². The highest BCUT2D eigenvalue weighted by atomic mass is 35.5. The molecule has 4 rings (SSSR count). The molecule has 2 aromatic carbocycles. The number of nitrogens with two attached hydrogens (primary N) is 1. The molecule has 0 bridgehead atoms. The third-order valence-corrected chi connectivity index (χ3v) is 5.33. The van der Waals surface area contributed by atoms with Crippen LogP contribution in [0.25, 0.3) is 11.4 Å². The molecular weight excluding hydrogens is 372 g/mol. The van der Waals surface area contributed by atoms with Crippen LogP contribution in [0.5, 0.6) is 0 Å². The Labute approximate surface area is 172 Å². The lowest BCUT2D eigenvalue weighted by molar-refractivity contribution is 0.264. The Morgan fingerprint density at radius 2 is 1.79 bits per heavy atom. The van der Waals surface area contributed by atoms with E-state index in [1.165, 1.54) is 11.1 Å². The summed E-state index contributed by atoms with van der Waals surface area (Å²) in [5, 5.41) is 4.16. The van der Waals surface area contributed by atoms with Crippen LogP contribution in [0.1, 0.15) is 42.7 Å². The SMILES string of the molecule is CC(C)c1ccc(-c2noc(CN3C[C@@H](N)[C@H](c4ccccc4)C3)n2)cc1.Cl. The summed E-state index contributed by atoms with van der Waals surface area (Å²) in [4.78, 5) is 6.87. The van der Waals surface area contributed by atoms with Gasteiger partial charge in [0.25, 0.3) is 0 Å². The third kappa shape index (κ3) is 4.43. The number of rotatable bonds is 5. The second-order valence-electron chi connectivity index (χ2n) is 7.66. The molecule has 0 saturated carbocycles. The van der Waals surface area contributed by atoms with Crippen LogP contribution in [0.3, 0.4) is 0 Å². The van der Waals surface area contributed by atoms with Gasteiger partial charge in [-0.15, -0.1) is 12.4 Å². The molecule has 148 valence electrons. The summed E-state index contributed by atoms with van der Waals surface area (Å²) in [6, 6.07) is 19.0. The van der Waals surface area contributed by atoms with E-state index >= 15 is 0 Å². The maximum atomic E-state index is 6.38. The molecule has 0 aliphatic carbocycles. The van der Waals surface area contributed by atoms with Gasteiger partial charge in [0.15, 0.2) is 0 Å². The average molecular weight is 399 g/mol. The van der Waals surface area contributed by atoms with Crippen LogP contribution in [0.2, 0.25) is 0 Å². The second-order valence-corrected chi connectivity index (χ2v) is 7.66. The van der Waals surface area contributed by atoms with Gasteiger partial charge in [0.1, 0.15) is 0 Å². The standard InChI is InChI=1S/C22H26N4O.ClH/c1-15(2)16-8-10-18(11-9-16)22-24-21(27-25-22)14-26-12-19(20(23)13-26)17-6-4-3-5-7-17;/h3-11,15,19-20H,12-14,23H2,1-2H3;1H/t19-,20+;/m0./s1. The van der Waals surface area contributed by atoms with E-state index in [0.29, 0.717) is 30.1 Å². The van der Waals surface area contributed by atoms with E-state index in [0.717, 1.165) is 18.7 Å². The first-order valence-electron chi connectivity index (χ1n) is 9.56. The summed E-state index contributed by atoms with van der Waals surface area (Å²) in [7, 11) is 0. The van der Waals surface area contributed by atoms with Crippen LogP contribution < -0.4 is 5.73 Å². The molecule has 2 heterocycles. The Morgan fingerprint density at radius 3 is 2.46 bits per heavy atom. The van der Waals surface area contributed by atoms with Crippen LogP contribution in [0.4, 0.5) is 0 Å². The van der Waals surface area contributed by atoms with Gasteiger partial charge in [-0.1, -0.05) is 73.6 Å². The van der Waals surface area contributed by atoms with Crippen molar-refractivity contribution in [1.29, 1.82) is 0 Å². The molecule has 0 radical (unpaired) electrons. The summed E-state index contributed by atoms with van der Waals surface area (Å²) >= 11 is 0. The largest absolute Gasteiger partial charge is 0.338 e. The van der Waals surface area contributed by atoms with Crippen molar-refractivity contribution >= 4 is 12.4 Å². The second kappa shape index (κ2) is 8.86. The first-order valence-corrected chi connectivity index (χ1v) is 9.56. The van der Waals surface area contributed by atoms with Crippen molar-refractivity contribution in [3.63, 3.8) is 0 Å². The number of hydrogen-bond donors (Lipinski definition) is 1. The monoisotopic (exact) mass is 398 g/mol. The van der Waals surface area contributed by atoms with Gasteiger partial charge in [-0.3, -0.25) is 4.90 Å². The fourth-order valence-corrected chi connectivity index (χ4v) is 3.74. The lowest BCUT2D eigenvalue weighted by atomic mass is 9.95. The normalized spacial score (nSPS) is 19.7. The zero-order valence-corrected chi connectivity index (χ0v) is 17.1. The van der Waals surface area contributed by atoms with E-state index in [2.05, 4.69) is 77.4 Å². The molecule has 1 aliphatic rings. The molecule has 1 fully saturated rings. The van der Waals surface area contributed by atoms with E-state index in [-0.39, 0.29) is 18.4 Å². The molecular formula is C22H27ClN4O. The number of halogens is 1. The molecule has 5 nitrogen and oxygen atoms in total. The molecule has 6 heteroatoms. The van der Waals surface area contributed by atoms with Crippen molar-refractivity contribution in [3.8, 4) is 11.4 Å².